The minimum absolute atomic E-state index is 0. The molecule has 1 fully saturated rings. The fourth-order valence-corrected chi connectivity index (χ4v) is 2.87. The van der Waals surface area contributed by atoms with E-state index in [2.05, 4.69) is 45.5 Å². The molecule has 1 aliphatic carbocycles. The molecule has 1 aromatic rings. The summed E-state index contributed by atoms with van der Waals surface area (Å²) < 4.78 is 1.19. The van der Waals surface area contributed by atoms with Gasteiger partial charge in [0.15, 0.2) is 0 Å². The summed E-state index contributed by atoms with van der Waals surface area (Å²) >= 11 is 3.51. The molecule has 1 N–H and O–H groups in total. The fourth-order valence-electron chi connectivity index (χ4n) is 2.42. The Morgan fingerprint density at radius 2 is 2.00 bits per heavy atom. The zero-order valence-corrected chi connectivity index (χ0v) is 12.5. The number of halogens is 2. The molecule has 0 aliphatic heterocycles. The molecule has 2 rings (SSSR count). The fraction of sp³-hybridized carbons (Fsp3) is 0.571. The normalized spacial score (nSPS) is 15.8. The van der Waals surface area contributed by atoms with E-state index in [1.165, 1.54) is 48.6 Å². The Bertz CT molecular complexity index is 324. The number of nitrogens with one attached hydrogen (secondary N) is 1. The van der Waals surface area contributed by atoms with Gasteiger partial charge in [-0.25, -0.2) is 0 Å². The van der Waals surface area contributed by atoms with Crippen LogP contribution in [0.1, 0.15) is 37.7 Å². The van der Waals surface area contributed by atoms with Crippen LogP contribution in [-0.4, -0.2) is 12.6 Å². The Morgan fingerprint density at radius 3 is 2.71 bits per heavy atom. The summed E-state index contributed by atoms with van der Waals surface area (Å²) in [6.45, 7) is 1.16. The van der Waals surface area contributed by atoms with E-state index in [-0.39, 0.29) is 12.4 Å². The van der Waals surface area contributed by atoms with E-state index in [1.54, 1.807) is 0 Å². The van der Waals surface area contributed by atoms with Crippen molar-refractivity contribution < 1.29 is 0 Å². The lowest BCUT2D eigenvalue weighted by molar-refractivity contribution is 0.515. The van der Waals surface area contributed by atoms with Crippen molar-refractivity contribution in [3.8, 4) is 0 Å². The first kappa shape index (κ1) is 15.0. The molecule has 1 nitrogen and oxygen atoms in total. The molecule has 0 atom stereocenters. The molecule has 0 spiro atoms. The molecule has 0 amide bonds. The van der Waals surface area contributed by atoms with Crippen molar-refractivity contribution in [1.29, 1.82) is 0 Å². The van der Waals surface area contributed by atoms with Crippen molar-refractivity contribution in [3.05, 3.63) is 34.3 Å². The van der Waals surface area contributed by atoms with Gasteiger partial charge in [0.2, 0.25) is 0 Å². The third kappa shape index (κ3) is 5.41. The van der Waals surface area contributed by atoms with Crippen molar-refractivity contribution in [2.75, 3.05) is 6.54 Å². The average Bonchev–Trinajstić information content (AvgIpc) is 2.77. The number of rotatable bonds is 5. The smallest absolute Gasteiger partial charge is 0.0177 e. The zero-order chi connectivity index (χ0) is 11.2. The van der Waals surface area contributed by atoms with Gasteiger partial charge in [0.05, 0.1) is 0 Å². The molecule has 3 heteroatoms. The SMILES string of the molecule is Brc1cccc(CCCNC2CCCC2)c1.Cl. The molecular weight excluding hydrogens is 298 g/mol. The second-order valence-corrected chi connectivity index (χ2v) is 5.58. The van der Waals surface area contributed by atoms with Crippen LogP contribution in [0.2, 0.25) is 0 Å². The van der Waals surface area contributed by atoms with E-state index < -0.39 is 0 Å². The lowest BCUT2D eigenvalue weighted by Crippen LogP contribution is -2.27. The third-order valence-electron chi connectivity index (χ3n) is 3.32. The summed E-state index contributed by atoms with van der Waals surface area (Å²) in [5, 5.41) is 3.65. The zero-order valence-electron chi connectivity index (χ0n) is 10.1. The third-order valence-corrected chi connectivity index (χ3v) is 3.81. The van der Waals surface area contributed by atoms with E-state index in [0.717, 1.165) is 12.6 Å². The van der Waals surface area contributed by atoms with Crippen LogP contribution in [0, 0.1) is 0 Å². The predicted molar refractivity (Wildman–Crippen MR) is 80.0 cm³/mol. The van der Waals surface area contributed by atoms with E-state index in [4.69, 9.17) is 0 Å². The summed E-state index contributed by atoms with van der Waals surface area (Å²) in [6.07, 6.45) is 8.03. The summed E-state index contributed by atoms with van der Waals surface area (Å²) in [6, 6.07) is 9.43. The minimum Gasteiger partial charge on any atom is -0.314 e. The van der Waals surface area contributed by atoms with Crippen LogP contribution in [0.3, 0.4) is 0 Å². The molecule has 0 aromatic heterocycles. The highest BCUT2D eigenvalue weighted by Gasteiger charge is 2.12. The molecule has 0 heterocycles. The maximum absolute atomic E-state index is 3.65. The van der Waals surface area contributed by atoms with Gasteiger partial charge < -0.3 is 5.32 Å². The van der Waals surface area contributed by atoms with Crippen molar-refractivity contribution in [1.82, 2.24) is 5.32 Å². The Balaban J connectivity index is 0.00000144. The quantitative estimate of drug-likeness (QED) is 0.797. The van der Waals surface area contributed by atoms with Gasteiger partial charge in [-0.2, -0.15) is 0 Å². The molecule has 17 heavy (non-hydrogen) atoms. The number of aryl methyl sites for hydroxylation is 1. The lowest BCUT2D eigenvalue weighted by Gasteiger charge is -2.11. The first-order valence-electron chi connectivity index (χ1n) is 6.32. The second-order valence-electron chi connectivity index (χ2n) is 4.67. The Labute approximate surface area is 119 Å². The number of benzene rings is 1. The predicted octanol–water partition coefficient (Wildman–Crippen LogP) is 4.34. The molecule has 96 valence electrons. The van der Waals surface area contributed by atoms with Crippen LogP contribution >= 0.6 is 28.3 Å². The minimum atomic E-state index is 0. The van der Waals surface area contributed by atoms with Gasteiger partial charge in [-0.05, 0) is 49.9 Å². The van der Waals surface area contributed by atoms with Crippen LogP contribution in [-0.2, 0) is 6.42 Å². The van der Waals surface area contributed by atoms with Gasteiger partial charge in [0.25, 0.3) is 0 Å². The van der Waals surface area contributed by atoms with E-state index >= 15 is 0 Å². The summed E-state index contributed by atoms with van der Waals surface area (Å²) in [5.41, 5.74) is 1.43. The highest BCUT2D eigenvalue weighted by molar-refractivity contribution is 9.10. The van der Waals surface area contributed by atoms with E-state index in [1.807, 2.05) is 0 Å². The van der Waals surface area contributed by atoms with Crippen LogP contribution in [0.15, 0.2) is 28.7 Å². The summed E-state index contributed by atoms with van der Waals surface area (Å²) in [5.74, 6) is 0. The first-order valence-corrected chi connectivity index (χ1v) is 7.12. The summed E-state index contributed by atoms with van der Waals surface area (Å²) in [7, 11) is 0. The molecule has 0 saturated heterocycles. The molecule has 0 unspecified atom stereocenters. The Morgan fingerprint density at radius 1 is 1.24 bits per heavy atom. The molecule has 1 aliphatic rings. The number of hydrogen-bond acceptors (Lipinski definition) is 1. The average molecular weight is 319 g/mol. The van der Waals surface area contributed by atoms with Crippen LogP contribution in [0.5, 0.6) is 0 Å². The van der Waals surface area contributed by atoms with Crippen molar-refractivity contribution in [2.45, 2.75) is 44.6 Å². The maximum Gasteiger partial charge on any atom is 0.0177 e. The lowest BCUT2D eigenvalue weighted by atomic mass is 10.1. The van der Waals surface area contributed by atoms with Crippen molar-refractivity contribution in [2.24, 2.45) is 0 Å². The maximum atomic E-state index is 3.65. The van der Waals surface area contributed by atoms with Gasteiger partial charge in [-0.1, -0.05) is 40.9 Å². The largest absolute Gasteiger partial charge is 0.314 e. The Kier molecular flexibility index (Phi) is 7.17. The van der Waals surface area contributed by atoms with Gasteiger partial charge in [0.1, 0.15) is 0 Å². The molecule has 0 radical (unpaired) electrons. The molecule has 1 saturated carbocycles. The highest BCUT2D eigenvalue weighted by atomic mass is 79.9. The standard InChI is InChI=1S/C14H20BrN.ClH/c15-13-7-3-5-12(11-13)6-4-10-16-14-8-1-2-9-14;/h3,5,7,11,14,16H,1-2,4,6,8-10H2;1H. The van der Waals surface area contributed by atoms with Crippen LogP contribution in [0.25, 0.3) is 0 Å². The monoisotopic (exact) mass is 317 g/mol. The van der Waals surface area contributed by atoms with Crippen LogP contribution < -0.4 is 5.32 Å². The summed E-state index contributed by atoms with van der Waals surface area (Å²) in [4.78, 5) is 0. The second kappa shape index (κ2) is 8.12. The first-order chi connectivity index (χ1) is 7.84. The molecular formula is C14H21BrClN. The van der Waals surface area contributed by atoms with E-state index in [0.29, 0.717) is 0 Å². The van der Waals surface area contributed by atoms with E-state index in [9.17, 15) is 0 Å². The van der Waals surface area contributed by atoms with Gasteiger partial charge in [0, 0.05) is 10.5 Å². The Hall–Kier alpha value is -0.0500. The van der Waals surface area contributed by atoms with Crippen molar-refractivity contribution >= 4 is 28.3 Å². The molecule has 0 bridgehead atoms. The van der Waals surface area contributed by atoms with Crippen molar-refractivity contribution in [3.63, 3.8) is 0 Å². The van der Waals surface area contributed by atoms with Gasteiger partial charge >= 0.3 is 0 Å². The topological polar surface area (TPSA) is 12.0 Å². The highest BCUT2D eigenvalue weighted by Crippen LogP contribution is 2.17. The number of hydrogen-bond donors (Lipinski definition) is 1. The van der Waals surface area contributed by atoms with Crippen LogP contribution in [0.4, 0.5) is 0 Å². The van der Waals surface area contributed by atoms with Gasteiger partial charge in [-0.15, -0.1) is 12.4 Å². The molecule has 1 aromatic carbocycles. The van der Waals surface area contributed by atoms with Gasteiger partial charge in [-0.3, -0.25) is 0 Å².